The fourth-order valence-electron chi connectivity index (χ4n) is 4.70. The van der Waals surface area contributed by atoms with Crippen LogP contribution in [0, 0.1) is 12.7 Å². The molecule has 1 fully saturated rings. The van der Waals surface area contributed by atoms with E-state index in [-0.39, 0.29) is 23.4 Å². The number of Topliss-reactive ketones (excluding diaryl/α,β-unsaturated/α-hetero) is 1. The maximum Gasteiger partial charge on any atom is 0.295 e. The Kier molecular flexibility index (Phi) is 6.06. The van der Waals surface area contributed by atoms with Crippen molar-refractivity contribution in [3.8, 4) is 5.75 Å². The Morgan fingerprint density at radius 2 is 1.78 bits per heavy atom. The number of nitrogens with one attached hydrogen (secondary N) is 1. The van der Waals surface area contributed by atoms with E-state index in [2.05, 4.69) is 4.98 Å². The lowest BCUT2D eigenvalue weighted by atomic mass is 9.94. The molecule has 0 saturated carbocycles. The number of likely N-dealkylation sites (tertiary alicyclic amines) is 1. The third-order valence-electron chi connectivity index (χ3n) is 6.65. The molecule has 1 aliphatic rings. The zero-order valence-electron chi connectivity index (χ0n) is 19.9. The van der Waals surface area contributed by atoms with Crippen molar-refractivity contribution in [2.24, 2.45) is 0 Å². The van der Waals surface area contributed by atoms with Gasteiger partial charge < -0.3 is 19.7 Å². The molecule has 3 aromatic carbocycles. The van der Waals surface area contributed by atoms with E-state index in [0.29, 0.717) is 12.0 Å². The Labute approximate surface area is 207 Å². The summed E-state index contributed by atoms with van der Waals surface area (Å²) >= 11 is 0. The van der Waals surface area contributed by atoms with Crippen LogP contribution >= 0.6 is 0 Å². The number of amides is 1. The Hall–Kier alpha value is -4.39. The lowest BCUT2D eigenvalue weighted by Crippen LogP contribution is -2.31. The lowest BCUT2D eigenvalue weighted by molar-refractivity contribution is -0.139. The van der Waals surface area contributed by atoms with Crippen LogP contribution < -0.4 is 4.74 Å². The minimum atomic E-state index is -0.768. The van der Waals surface area contributed by atoms with Gasteiger partial charge in [-0.05, 0) is 66.9 Å². The summed E-state index contributed by atoms with van der Waals surface area (Å²) in [6.45, 7) is 2.21. The minimum absolute atomic E-state index is 0.00365. The van der Waals surface area contributed by atoms with Gasteiger partial charge in [0.2, 0.25) is 0 Å². The van der Waals surface area contributed by atoms with Crippen LogP contribution in [0.5, 0.6) is 5.75 Å². The number of aromatic amines is 1. The van der Waals surface area contributed by atoms with Crippen molar-refractivity contribution >= 4 is 28.4 Å². The molecule has 0 radical (unpaired) electrons. The van der Waals surface area contributed by atoms with Crippen LogP contribution in [0.2, 0.25) is 0 Å². The summed E-state index contributed by atoms with van der Waals surface area (Å²) in [5.41, 5.74) is 3.93. The molecule has 36 heavy (non-hydrogen) atoms. The van der Waals surface area contributed by atoms with Crippen LogP contribution in [0.15, 0.2) is 78.5 Å². The molecule has 0 aliphatic carbocycles. The van der Waals surface area contributed by atoms with Gasteiger partial charge in [-0.15, -0.1) is 0 Å². The monoisotopic (exact) mass is 484 g/mol. The molecule has 1 amide bonds. The predicted molar refractivity (Wildman–Crippen MR) is 135 cm³/mol. The van der Waals surface area contributed by atoms with Crippen LogP contribution in [-0.2, 0) is 16.0 Å². The molecule has 182 valence electrons. The third-order valence-corrected chi connectivity index (χ3v) is 6.65. The first-order chi connectivity index (χ1) is 17.4. The van der Waals surface area contributed by atoms with Gasteiger partial charge in [-0.25, -0.2) is 4.39 Å². The summed E-state index contributed by atoms with van der Waals surface area (Å²) in [6, 6.07) is 17.7. The molecule has 7 heteroatoms. The van der Waals surface area contributed by atoms with E-state index < -0.39 is 23.5 Å². The fourth-order valence-corrected chi connectivity index (χ4v) is 4.70. The average Bonchev–Trinajstić information content (AvgIpc) is 3.40. The highest BCUT2D eigenvalue weighted by Gasteiger charge is 2.45. The Morgan fingerprint density at radius 3 is 2.47 bits per heavy atom. The van der Waals surface area contributed by atoms with Gasteiger partial charge in [-0.2, -0.15) is 0 Å². The van der Waals surface area contributed by atoms with Gasteiger partial charge in [0.1, 0.15) is 17.3 Å². The van der Waals surface area contributed by atoms with E-state index >= 15 is 0 Å². The zero-order valence-corrected chi connectivity index (χ0v) is 19.9. The second kappa shape index (κ2) is 9.34. The van der Waals surface area contributed by atoms with Gasteiger partial charge in [0.05, 0.1) is 18.7 Å². The van der Waals surface area contributed by atoms with Crippen LogP contribution in [0.25, 0.3) is 16.7 Å². The molecule has 0 spiro atoms. The van der Waals surface area contributed by atoms with Crippen molar-refractivity contribution in [3.05, 3.63) is 107 Å². The predicted octanol–water partition coefficient (Wildman–Crippen LogP) is 5.29. The molecule has 0 bridgehead atoms. The molecule has 1 saturated heterocycles. The summed E-state index contributed by atoms with van der Waals surface area (Å²) in [5.74, 6) is -1.50. The number of hydrogen-bond donors (Lipinski definition) is 2. The largest absolute Gasteiger partial charge is 0.507 e. The molecule has 4 aromatic rings. The van der Waals surface area contributed by atoms with Gasteiger partial charge >= 0.3 is 0 Å². The number of aliphatic hydroxyl groups is 1. The molecule has 1 atom stereocenters. The summed E-state index contributed by atoms with van der Waals surface area (Å²) in [6.07, 6.45) is 2.37. The smallest absolute Gasteiger partial charge is 0.295 e. The van der Waals surface area contributed by atoms with Gasteiger partial charge in [0.25, 0.3) is 11.7 Å². The number of carbonyl (C=O) groups is 2. The Balaban J connectivity index is 1.55. The number of H-pyrrole nitrogens is 1. The van der Waals surface area contributed by atoms with E-state index in [9.17, 15) is 19.1 Å². The summed E-state index contributed by atoms with van der Waals surface area (Å²) in [7, 11) is 1.61. The number of ether oxygens (including phenoxy) is 1. The van der Waals surface area contributed by atoms with E-state index in [1.807, 2.05) is 55.6 Å². The molecule has 1 aromatic heterocycles. The van der Waals surface area contributed by atoms with Gasteiger partial charge in [0, 0.05) is 29.2 Å². The molecule has 6 nitrogen and oxygen atoms in total. The Bertz CT molecular complexity index is 1490. The maximum atomic E-state index is 13.5. The molecule has 0 unspecified atom stereocenters. The van der Waals surface area contributed by atoms with E-state index in [1.165, 1.54) is 29.2 Å². The van der Waals surface area contributed by atoms with Crippen molar-refractivity contribution in [3.63, 3.8) is 0 Å². The van der Waals surface area contributed by atoms with Crippen molar-refractivity contribution in [2.75, 3.05) is 13.7 Å². The summed E-state index contributed by atoms with van der Waals surface area (Å²) in [5, 5.41) is 12.1. The zero-order chi connectivity index (χ0) is 25.4. The number of carbonyl (C=O) groups excluding carboxylic acids is 2. The third kappa shape index (κ3) is 4.13. The van der Waals surface area contributed by atoms with Gasteiger partial charge in [0.15, 0.2) is 0 Å². The number of ketones is 1. The molecule has 1 aliphatic heterocycles. The Morgan fingerprint density at radius 1 is 1.06 bits per heavy atom. The number of aliphatic hydroxyl groups excluding tert-OH is 1. The minimum Gasteiger partial charge on any atom is -0.507 e. The topological polar surface area (TPSA) is 82.6 Å². The number of halogens is 1. The van der Waals surface area contributed by atoms with E-state index in [4.69, 9.17) is 4.74 Å². The number of benzene rings is 3. The second-order valence-corrected chi connectivity index (χ2v) is 8.89. The number of fused-ring (bicyclic) bond motifs is 1. The highest BCUT2D eigenvalue weighted by Crippen LogP contribution is 2.39. The number of hydrogen-bond acceptors (Lipinski definition) is 4. The number of aryl methyl sites for hydroxylation is 1. The highest BCUT2D eigenvalue weighted by molar-refractivity contribution is 6.46. The quantitative estimate of drug-likeness (QED) is 0.221. The number of nitrogens with zero attached hydrogens (tertiary/aromatic N) is 1. The van der Waals surface area contributed by atoms with E-state index in [0.717, 1.165) is 27.8 Å². The first-order valence-corrected chi connectivity index (χ1v) is 11.6. The SMILES string of the molecule is COc1ccc2[nH]cc(CCN3C(=O)C(=O)C(=C(O)c4ccc(F)cc4)[C@@H]3c3ccc(C)cc3)c2c1. The molecular weight excluding hydrogens is 459 g/mol. The second-order valence-electron chi connectivity index (χ2n) is 8.89. The fraction of sp³-hybridized carbons (Fsp3) is 0.172. The van der Waals surface area contributed by atoms with E-state index in [1.54, 1.807) is 7.11 Å². The molecule has 2 N–H and O–H groups in total. The standard InChI is InChI=1S/C29H25FN2O4/c1-17-3-5-18(6-4-17)26-25(27(33)19-7-9-21(30)10-8-19)28(34)29(35)32(26)14-13-20-16-31-24-12-11-22(36-2)15-23(20)24/h3-12,15-16,26,31,33H,13-14H2,1-2H3/t26-/m0/s1. The van der Waals surface area contributed by atoms with Crippen molar-refractivity contribution in [1.29, 1.82) is 0 Å². The van der Waals surface area contributed by atoms with Crippen LogP contribution in [0.1, 0.15) is 28.3 Å². The number of rotatable bonds is 6. The van der Waals surface area contributed by atoms with Gasteiger partial charge in [-0.3, -0.25) is 9.59 Å². The van der Waals surface area contributed by atoms with Crippen molar-refractivity contribution in [2.45, 2.75) is 19.4 Å². The first-order valence-electron chi connectivity index (χ1n) is 11.6. The number of aromatic nitrogens is 1. The van der Waals surface area contributed by atoms with Crippen molar-refractivity contribution in [1.82, 2.24) is 9.88 Å². The number of methoxy groups -OCH3 is 1. The summed E-state index contributed by atoms with van der Waals surface area (Å²) < 4.78 is 18.8. The van der Waals surface area contributed by atoms with Crippen molar-refractivity contribution < 1.29 is 23.8 Å². The molecule has 2 heterocycles. The van der Waals surface area contributed by atoms with Crippen LogP contribution in [0.4, 0.5) is 4.39 Å². The van der Waals surface area contributed by atoms with Gasteiger partial charge in [-0.1, -0.05) is 29.8 Å². The van der Waals surface area contributed by atoms with Crippen LogP contribution in [0.3, 0.4) is 0 Å². The maximum absolute atomic E-state index is 13.5. The average molecular weight is 485 g/mol. The highest BCUT2D eigenvalue weighted by atomic mass is 19.1. The first kappa shape index (κ1) is 23.4. The summed E-state index contributed by atoms with van der Waals surface area (Å²) in [4.78, 5) is 31.2. The molecule has 5 rings (SSSR count). The van der Waals surface area contributed by atoms with Crippen LogP contribution in [-0.4, -0.2) is 40.3 Å². The normalized spacial score (nSPS) is 17.2. The lowest BCUT2D eigenvalue weighted by Gasteiger charge is -2.25. The molecular formula is C29H25FN2O4.